The van der Waals surface area contributed by atoms with E-state index in [1.165, 1.54) is 11.3 Å². The monoisotopic (exact) mass is 434 g/mol. The first kappa shape index (κ1) is 23.5. The predicted octanol–water partition coefficient (Wildman–Crippen LogP) is 3.46. The van der Waals surface area contributed by atoms with Crippen molar-refractivity contribution in [2.45, 2.75) is 40.3 Å². The topological polar surface area (TPSA) is 94.1 Å². The molecule has 8 nitrogen and oxygen atoms in total. The Morgan fingerprint density at radius 2 is 2.03 bits per heavy atom. The van der Waals surface area contributed by atoms with Crippen LogP contribution in [0.1, 0.15) is 52.7 Å². The summed E-state index contributed by atoms with van der Waals surface area (Å²) in [6.45, 7) is 8.97. The molecule has 0 saturated carbocycles. The van der Waals surface area contributed by atoms with Gasteiger partial charge in [0.1, 0.15) is 9.88 Å². The van der Waals surface area contributed by atoms with Crippen molar-refractivity contribution in [1.29, 1.82) is 0 Å². The van der Waals surface area contributed by atoms with Crippen molar-refractivity contribution in [1.82, 2.24) is 15.6 Å². The second kappa shape index (κ2) is 11.4. The van der Waals surface area contributed by atoms with E-state index in [2.05, 4.69) is 20.6 Å². The molecule has 0 aliphatic heterocycles. The fraction of sp³-hybridized carbons (Fsp3) is 0.476. The summed E-state index contributed by atoms with van der Waals surface area (Å²) >= 11 is 1.33. The number of carbonyl (C=O) groups excluding carboxylic acids is 1. The van der Waals surface area contributed by atoms with Crippen molar-refractivity contribution in [3.8, 4) is 11.5 Å². The number of carbonyl (C=O) groups is 1. The number of aromatic nitrogens is 1. The van der Waals surface area contributed by atoms with E-state index in [9.17, 15) is 4.79 Å². The third kappa shape index (κ3) is 6.09. The molecule has 1 heterocycles. The van der Waals surface area contributed by atoms with Crippen molar-refractivity contribution in [3.05, 3.63) is 39.3 Å². The third-order valence-electron chi connectivity index (χ3n) is 4.21. The molecule has 2 aromatic rings. The van der Waals surface area contributed by atoms with Crippen LogP contribution in [0, 0.1) is 6.92 Å². The minimum absolute atomic E-state index is 0.127. The van der Waals surface area contributed by atoms with E-state index in [1.54, 1.807) is 21.1 Å². The molecule has 0 aliphatic rings. The highest BCUT2D eigenvalue weighted by molar-refractivity contribution is 7.13. The molecule has 1 unspecified atom stereocenters. The van der Waals surface area contributed by atoms with Crippen molar-refractivity contribution in [2.75, 3.05) is 27.4 Å². The average Bonchev–Trinajstić information content (AvgIpc) is 3.13. The van der Waals surface area contributed by atoms with Crippen LogP contribution in [0.5, 0.6) is 11.5 Å². The van der Waals surface area contributed by atoms with E-state index in [0.29, 0.717) is 47.8 Å². The number of aliphatic imine (C=N–C) groups is 1. The Balaban J connectivity index is 2.02. The first-order chi connectivity index (χ1) is 14.4. The SMILES string of the molecule is CCOC(=O)c1sc(C(C)NC(=NC)NCc2ccc(OC)c(OCC)c2)nc1C. The molecule has 9 heteroatoms. The summed E-state index contributed by atoms with van der Waals surface area (Å²) in [7, 11) is 3.33. The van der Waals surface area contributed by atoms with E-state index in [-0.39, 0.29) is 12.0 Å². The summed E-state index contributed by atoms with van der Waals surface area (Å²) in [6, 6.07) is 5.68. The van der Waals surface area contributed by atoms with Crippen LogP contribution in [0.3, 0.4) is 0 Å². The number of guanidine groups is 1. The molecule has 2 N–H and O–H groups in total. The van der Waals surface area contributed by atoms with Crippen LogP contribution in [0.25, 0.3) is 0 Å². The molecule has 0 fully saturated rings. The molecule has 164 valence electrons. The summed E-state index contributed by atoms with van der Waals surface area (Å²) < 4.78 is 16.0. The highest BCUT2D eigenvalue weighted by Gasteiger charge is 2.20. The van der Waals surface area contributed by atoms with Gasteiger partial charge in [-0.1, -0.05) is 6.07 Å². The largest absolute Gasteiger partial charge is 0.493 e. The number of esters is 1. The lowest BCUT2D eigenvalue weighted by molar-refractivity contribution is 0.0531. The standard InChI is InChI=1S/C21H30N4O4S/c1-7-28-17-11-15(9-10-16(17)27-6)12-23-21(22-5)25-14(4)19-24-13(3)18(30-19)20(26)29-8-2/h9-11,14H,7-8,12H2,1-6H3,(H2,22,23,25). The van der Waals surface area contributed by atoms with Crippen molar-refractivity contribution in [2.24, 2.45) is 4.99 Å². The first-order valence-electron chi connectivity index (χ1n) is 9.84. The van der Waals surface area contributed by atoms with Crippen molar-refractivity contribution in [3.63, 3.8) is 0 Å². The van der Waals surface area contributed by atoms with Crippen molar-refractivity contribution < 1.29 is 19.0 Å². The van der Waals surface area contributed by atoms with Crippen LogP contribution in [0.4, 0.5) is 0 Å². The van der Waals surface area contributed by atoms with Gasteiger partial charge in [-0.3, -0.25) is 4.99 Å². The molecule has 2 rings (SSSR count). The number of methoxy groups -OCH3 is 1. The van der Waals surface area contributed by atoms with Crippen LogP contribution in [-0.4, -0.2) is 44.3 Å². The van der Waals surface area contributed by atoms with Gasteiger partial charge in [0.15, 0.2) is 17.5 Å². The first-order valence-corrected chi connectivity index (χ1v) is 10.7. The number of hydrogen-bond donors (Lipinski definition) is 2. The number of rotatable bonds is 9. The van der Waals surface area contributed by atoms with Gasteiger partial charge in [0.05, 0.1) is 32.1 Å². The minimum Gasteiger partial charge on any atom is -0.493 e. The van der Waals surface area contributed by atoms with Gasteiger partial charge >= 0.3 is 5.97 Å². The van der Waals surface area contributed by atoms with Gasteiger partial charge in [0.2, 0.25) is 0 Å². The average molecular weight is 435 g/mol. The maximum atomic E-state index is 12.0. The Labute approximate surface area is 181 Å². The summed E-state index contributed by atoms with van der Waals surface area (Å²) in [4.78, 5) is 21.4. The summed E-state index contributed by atoms with van der Waals surface area (Å²) in [5.41, 5.74) is 1.70. The van der Waals surface area contributed by atoms with Crippen LogP contribution in [0.2, 0.25) is 0 Å². The van der Waals surface area contributed by atoms with E-state index < -0.39 is 0 Å². The molecule has 0 spiro atoms. The molecular weight excluding hydrogens is 404 g/mol. The normalized spacial score (nSPS) is 12.3. The highest BCUT2D eigenvalue weighted by Crippen LogP contribution is 2.28. The van der Waals surface area contributed by atoms with Gasteiger partial charge in [-0.2, -0.15) is 0 Å². The molecule has 1 aromatic carbocycles. The number of ether oxygens (including phenoxy) is 3. The molecule has 0 radical (unpaired) electrons. The maximum Gasteiger partial charge on any atom is 0.350 e. The van der Waals surface area contributed by atoms with Crippen LogP contribution in [0.15, 0.2) is 23.2 Å². The highest BCUT2D eigenvalue weighted by atomic mass is 32.1. The molecule has 0 amide bonds. The molecule has 30 heavy (non-hydrogen) atoms. The lowest BCUT2D eigenvalue weighted by Gasteiger charge is -2.17. The van der Waals surface area contributed by atoms with E-state index in [0.717, 1.165) is 10.6 Å². The summed E-state index contributed by atoms with van der Waals surface area (Å²) in [5.74, 6) is 1.70. The summed E-state index contributed by atoms with van der Waals surface area (Å²) in [6.07, 6.45) is 0. The number of aryl methyl sites for hydroxylation is 1. The minimum atomic E-state index is -0.335. The Morgan fingerprint density at radius 1 is 1.27 bits per heavy atom. The smallest absolute Gasteiger partial charge is 0.350 e. The van der Waals surface area contributed by atoms with Gasteiger partial charge in [0, 0.05) is 13.6 Å². The number of nitrogens with one attached hydrogen (secondary N) is 2. The number of hydrogen-bond acceptors (Lipinski definition) is 7. The number of thiazole rings is 1. The van der Waals surface area contributed by atoms with Gasteiger partial charge < -0.3 is 24.8 Å². The van der Waals surface area contributed by atoms with E-state index >= 15 is 0 Å². The van der Waals surface area contributed by atoms with Gasteiger partial charge in [-0.05, 0) is 45.4 Å². The van der Waals surface area contributed by atoms with Gasteiger partial charge in [-0.25, -0.2) is 9.78 Å². The Morgan fingerprint density at radius 3 is 2.67 bits per heavy atom. The Bertz CT molecular complexity index is 882. The molecular formula is C21H30N4O4S. The van der Waals surface area contributed by atoms with Crippen LogP contribution < -0.4 is 20.1 Å². The lowest BCUT2D eigenvalue weighted by atomic mass is 10.2. The van der Waals surface area contributed by atoms with E-state index in [4.69, 9.17) is 14.2 Å². The van der Waals surface area contributed by atoms with E-state index in [1.807, 2.05) is 39.0 Å². The molecule has 1 aromatic heterocycles. The zero-order chi connectivity index (χ0) is 22.1. The lowest BCUT2D eigenvalue weighted by Crippen LogP contribution is -2.38. The molecule has 0 saturated heterocycles. The van der Waals surface area contributed by atoms with Crippen molar-refractivity contribution >= 4 is 23.3 Å². The fourth-order valence-electron chi connectivity index (χ4n) is 2.74. The maximum absolute atomic E-state index is 12.0. The van der Waals surface area contributed by atoms with Gasteiger partial charge in [-0.15, -0.1) is 11.3 Å². The molecule has 1 atom stereocenters. The predicted molar refractivity (Wildman–Crippen MR) is 119 cm³/mol. The molecule has 0 aliphatic carbocycles. The Kier molecular flexibility index (Phi) is 8.91. The number of nitrogens with zero attached hydrogens (tertiary/aromatic N) is 2. The third-order valence-corrected chi connectivity index (χ3v) is 5.53. The van der Waals surface area contributed by atoms with Crippen LogP contribution >= 0.6 is 11.3 Å². The summed E-state index contributed by atoms with van der Waals surface area (Å²) in [5, 5.41) is 7.38. The second-order valence-electron chi connectivity index (χ2n) is 6.40. The zero-order valence-corrected chi connectivity index (χ0v) is 19.2. The quantitative estimate of drug-likeness (QED) is 0.355. The van der Waals surface area contributed by atoms with Gasteiger partial charge in [0.25, 0.3) is 0 Å². The number of benzene rings is 1. The van der Waals surface area contributed by atoms with Crippen LogP contribution in [-0.2, 0) is 11.3 Å². The second-order valence-corrected chi connectivity index (χ2v) is 7.43. The molecule has 0 bridgehead atoms. The fourth-order valence-corrected chi connectivity index (χ4v) is 3.70. The zero-order valence-electron chi connectivity index (χ0n) is 18.4. The Hall–Kier alpha value is -2.81.